The minimum absolute atomic E-state index is 0.284. The van der Waals surface area contributed by atoms with Crippen LogP contribution in [0.3, 0.4) is 0 Å². The summed E-state index contributed by atoms with van der Waals surface area (Å²) in [7, 11) is 1.43. The van der Waals surface area contributed by atoms with E-state index in [0.29, 0.717) is 22.8 Å². The number of rotatable bonds is 6. The molecule has 0 spiro atoms. The molecular formula is C16H17NO6S. The highest BCUT2D eigenvalue weighted by Gasteiger charge is 2.33. The maximum absolute atomic E-state index is 12.1. The van der Waals surface area contributed by atoms with E-state index in [2.05, 4.69) is 0 Å². The summed E-state index contributed by atoms with van der Waals surface area (Å²) in [6.45, 7) is 3.47. The fourth-order valence-electron chi connectivity index (χ4n) is 2.04. The summed E-state index contributed by atoms with van der Waals surface area (Å²) in [5, 5.41) is 8.61. The number of imide groups is 1. The van der Waals surface area contributed by atoms with Crippen LogP contribution in [0, 0.1) is 0 Å². The molecule has 0 radical (unpaired) electrons. The monoisotopic (exact) mass is 351 g/mol. The van der Waals surface area contributed by atoms with Crippen LogP contribution in [0.25, 0.3) is 6.08 Å². The highest BCUT2D eigenvalue weighted by Crippen LogP contribution is 2.34. The van der Waals surface area contributed by atoms with E-state index in [1.165, 1.54) is 18.9 Å². The van der Waals surface area contributed by atoms with Crippen LogP contribution >= 0.6 is 11.8 Å². The number of carboxylic acids is 1. The van der Waals surface area contributed by atoms with Crippen molar-refractivity contribution in [2.24, 2.45) is 0 Å². The van der Waals surface area contributed by atoms with Crippen molar-refractivity contribution in [3.63, 3.8) is 0 Å². The van der Waals surface area contributed by atoms with E-state index in [1.54, 1.807) is 31.2 Å². The van der Waals surface area contributed by atoms with Gasteiger partial charge in [-0.05, 0) is 49.4 Å². The molecule has 1 aliphatic heterocycles. The quantitative estimate of drug-likeness (QED) is 0.787. The smallest absolute Gasteiger partial charge is 0.344 e. The zero-order valence-corrected chi connectivity index (χ0v) is 14.3. The van der Waals surface area contributed by atoms with E-state index < -0.39 is 12.1 Å². The van der Waals surface area contributed by atoms with Gasteiger partial charge >= 0.3 is 5.97 Å². The first-order chi connectivity index (χ1) is 11.4. The van der Waals surface area contributed by atoms with Crippen LogP contribution in [0.15, 0.2) is 23.1 Å². The molecule has 1 unspecified atom stereocenters. The lowest BCUT2D eigenvalue weighted by Gasteiger charge is -2.14. The molecule has 1 fully saturated rings. The predicted octanol–water partition coefficient (Wildman–Crippen LogP) is 2.60. The average Bonchev–Trinajstić information content (AvgIpc) is 2.81. The van der Waals surface area contributed by atoms with Gasteiger partial charge in [0.25, 0.3) is 11.1 Å². The summed E-state index contributed by atoms with van der Waals surface area (Å²) in [4.78, 5) is 36.2. The number of carboxylic acid groups (broad SMARTS) is 1. The third-order valence-electron chi connectivity index (χ3n) is 3.33. The van der Waals surface area contributed by atoms with Gasteiger partial charge in [-0.2, -0.15) is 0 Å². The van der Waals surface area contributed by atoms with Gasteiger partial charge in [-0.25, -0.2) is 4.79 Å². The van der Waals surface area contributed by atoms with Crippen LogP contribution in [-0.4, -0.2) is 46.9 Å². The van der Waals surface area contributed by atoms with Crippen molar-refractivity contribution in [1.82, 2.24) is 4.90 Å². The largest absolute Gasteiger partial charge is 0.493 e. The maximum Gasteiger partial charge on any atom is 0.344 e. The van der Waals surface area contributed by atoms with Crippen molar-refractivity contribution in [2.45, 2.75) is 20.0 Å². The van der Waals surface area contributed by atoms with E-state index in [0.717, 1.165) is 11.8 Å². The maximum atomic E-state index is 12.1. The number of nitrogens with zero attached hydrogens (tertiary/aromatic N) is 1. The highest BCUT2D eigenvalue weighted by molar-refractivity contribution is 8.18. The van der Waals surface area contributed by atoms with E-state index >= 15 is 0 Å². The van der Waals surface area contributed by atoms with Crippen LogP contribution in [0.5, 0.6) is 11.5 Å². The number of carbonyl (C=O) groups excluding carboxylic acids is 2. The van der Waals surface area contributed by atoms with Crippen molar-refractivity contribution in [1.29, 1.82) is 0 Å². The van der Waals surface area contributed by atoms with Gasteiger partial charge in [0.05, 0.1) is 12.0 Å². The molecule has 1 aromatic carbocycles. The van der Waals surface area contributed by atoms with Gasteiger partial charge in [0, 0.05) is 6.54 Å². The first-order valence-corrected chi connectivity index (χ1v) is 8.01. The number of ether oxygens (including phenoxy) is 2. The summed E-state index contributed by atoms with van der Waals surface area (Å²) in [6, 6.07) is 4.84. The Kier molecular flexibility index (Phi) is 5.50. The molecule has 0 saturated carbocycles. The third-order valence-corrected chi connectivity index (χ3v) is 4.23. The standard InChI is InChI=1S/C16H17NO6S/c1-4-17-14(18)13(24-16(17)21)8-10-5-6-11(12(7-10)22-3)23-9(2)15(19)20/h5-9H,4H2,1-3H3,(H,19,20)/b13-8-. The second kappa shape index (κ2) is 7.39. The Balaban J connectivity index is 2.27. The Morgan fingerprint density at radius 2 is 2.08 bits per heavy atom. The molecule has 1 saturated heterocycles. The lowest BCUT2D eigenvalue weighted by molar-refractivity contribution is -0.144. The molecule has 1 heterocycles. The molecule has 0 aliphatic carbocycles. The number of methoxy groups -OCH3 is 1. The van der Waals surface area contributed by atoms with Crippen molar-refractivity contribution >= 4 is 35.0 Å². The van der Waals surface area contributed by atoms with Gasteiger partial charge in [0.15, 0.2) is 17.6 Å². The van der Waals surface area contributed by atoms with E-state index in [1.807, 2.05) is 0 Å². The zero-order chi connectivity index (χ0) is 17.9. The number of hydrogen-bond donors (Lipinski definition) is 1. The zero-order valence-electron chi connectivity index (χ0n) is 13.4. The molecule has 2 rings (SSSR count). The molecule has 2 amide bonds. The number of likely N-dealkylation sites (N-methyl/N-ethyl adjacent to an activating group) is 1. The van der Waals surface area contributed by atoms with Crippen molar-refractivity contribution in [3.05, 3.63) is 28.7 Å². The topological polar surface area (TPSA) is 93.1 Å². The van der Waals surface area contributed by atoms with E-state index in [4.69, 9.17) is 14.6 Å². The minimum Gasteiger partial charge on any atom is -0.493 e. The number of amides is 2. The molecule has 1 aromatic rings. The van der Waals surface area contributed by atoms with Crippen LogP contribution in [0.1, 0.15) is 19.4 Å². The van der Waals surface area contributed by atoms with E-state index in [-0.39, 0.29) is 16.9 Å². The molecule has 0 aromatic heterocycles. The molecule has 1 atom stereocenters. The average molecular weight is 351 g/mol. The normalized spacial score (nSPS) is 17.3. The molecule has 0 bridgehead atoms. The lowest BCUT2D eigenvalue weighted by atomic mass is 10.2. The molecule has 7 nitrogen and oxygen atoms in total. The molecule has 1 N–H and O–H groups in total. The summed E-state index contributed by atoms with van der Waals surface area (Å²) >= 11 is 0.882. The Labute approximate surface area is 143 Å². The molecule has 8 heteroatoms. The van der Waals surface area contributed by atoms with Crippen LogP contribution in [0.2, 0.25) is 0 Å². The van der Waals surface area contributed by atoms with E-state index in [9.17, 15) is 14.4 Å². The highest BCUT2D eigenvalue weighted by atomic mass is 32.2. The minimum atomic E-state index is -1.09. The Morgan fingerprint density at radius 3 is 2.62 bits per heavy atom. The Morgan fingerprint density at radius 1 is 1.38 bits per heavy atom. The SMILES string of the molecule is CCN1C(=O)S/C(=C\c2ccc(OC(C)C(=O)O)c(OC)c2)C1=O. The lowest BCUT2D eigenvalue weighted by Crippen LogP contribution is -2.27. The van der Waals surface area contributed by atoms with Gasteiger partial charge in [0.2, 0.25) is 0 Å². The molecular weight excluding hydrogens is 334 g/mol. The number of aliphatic carboxylic acids is 1. The number of carbonyl (C=O) groups is 3. The summed E-state index contributed by atoms with van der Waals surface area (Å²) in [5.74, 6) is -0.793. The first kappa shape index (κ1) is 17.9. The third kappa shape index (κ3) is 3.70. The fourth-order valence-corrected chi connectivity index (χ4v) is 2.94. The van der Waals surface area contributed by atoms with Crippen molar-refractivity contribution in [3.8, 4) is 11.5 Å². The number of hydrogen-bond acceptors (Lipinski definition) is 6. The van der Waals surface area contributed by atoms with Gasteiger partial charge in [-0.3, -0.25) is 14.5 Å². The second-order valence-electron chi connectivity index (χ2n) is 4.93. The molecule has 128 valence electrons. The summed E-state index contributed by atoms with van der Waals surface area (Å²) < 4.78 is 10.5. The van der Waals surface area contributed by atoms with Crippen LogP contribution < -0.4 is 9.47 Å². The Bertz CT molecular complexity index is 715. The van der Waals surface area contributed by atoms with Crippen LogP contribution in [0.4, 0.5) is 4.79 Å². The fraction of sp³-hybridized carbons (Fsp3) is 0.312. The van der Waals surface area contributed by atoms with Crippen molar-refractivity contribution < 1.29 is 29.0 Å². The Hall–Kier alpha value is -2.48. The summed E-state index contributed by atoms with van der Waals surface area (Å²) in [6.07, 6.45) is 0.568. The van der Waals surface area contributed by atoms with Gasteiger partial charge < -0.3 is 14.6 Å². The molecule has 24 heavy (non-hydrogen) atoms. The van der Waals surface area contributed by atoms with Crippen LogP contribution in [-0.2, 0) is 9.59 Å². The predicted molar refractivity (Wildman–Crippen MR) is 89.1 cm³/mol. The molecule has 1 aliphatic rings. The van der Waals surface area contributed by atoms with Crippen molar-refractivity contribution in [2.75, 3.05) is 13.7 Å². The first-order valence-electron chi connectivity index (χ1n) is 7.20. The second-order valence-corrected chi connectivity index (χ2v) is 5.93. The van der Waals surface area contributed by atoms with Gasteiger partial charge in [-0.15, -0.1) is 0 Å². The van der Waals surface area contributed by atoms with Gasteiger partial charge in [-0.1, -0.05) is 6.07 Å². The number of thioether (sulfide) groups is 1. The summed E-state index contributed by atoms with van der Waals surface area (Å²) in [5.41, 5.74) is 0.642. The number of benzene rings is 1. The van der Waals surface area contributed by atoms with Gasteiger partial charge in [0.1, 0.15) is 0 Å².